The zero-order chi connectivity index (χ0) is 13.5. The van der Waals surface area contributed by atoms with Crippen LogP contribution < -0.4 is 11.1 Å². The lowest BCUT2D eigenvalue weighted by Gasteiger charge is -2.29. The molecular formula is C12H20ClN3OS. The van der Waals surface area contributed by atoms with Crippen LogP contribution in [0.1, 0.15) is 24.3 Å². The van der Waals surface area contributed by atoms with E-state index in [9.17, 15) is 4.79 Å². The molecule has 0 aliphatic rings. The molecule has 1 aromatic heterocycles. The largest absolute Gasteiger partial charge is 0.358 e. The van der Waals surface area contributed by atoms with Crippen LogP contribution in [0, 0.1) is 0 Å². The van der Waals surface area contributed by atoms with Gasteiger partial charge in [-0.15, -0.1) is 11.3 Å². The van der Waals surface area contributed by atoms with Crippen molar-refractivity contribution >= 4 is 28.8 Å². The fourth-order valence-electron chi connectivity index (χ4n) is 1.85. The van der Waals surface area contributed by atoms with Gasteiger partial charge in [-0.25, -0.2) is 0 Å². The summed E-state index contributed by atoms with van der Waals surface area (Å²) < 4.78 is 0.750. The number of halogens is 1. The lowest BCUT2D eigenvalue weighted by atomic mass is 10.2. The van der Waals surface area contributed by atoms with Gasteiger partial charge in [0, 0.05) is 18.5 Å². The van der Waals surface area contributed by atoms with E-state index in [4.69, 9.17) is 17.3 Å². The molecule has 0 aliphatic heterocycles. The van der Waals surface area contributed by atoms with Gasteiger partial charge in [0.1, 0.15) is 0 Å². The third-order valence-electron chi connectivity index (χ3n) is 2.72. The van der Waals surface area contributed by atoms with E-state index >= 15 is 0 Å². The number of hydrogen-bond donors (Lipinski definition) is 2. The Bertz CT molecular complexity index is 383. The van der Waals surface area contributed by atoms with Crippen LogP contribution in [0.4, 0.5) is 0 Å². The molecule has 0 saturated carbocycles. The standard InChI is InChI=1S/C12H20ClN3OS/c1-3-6-16(8-12(17)15-2)9(7-14)10-4-5-11(13)18-10/h4-5,9H,3,6-8,14H2,1-2H3,(H,15,17). The predicted octanol–water partition coefficient (Wildman–Crippen LogP) is 1.86. The Kier molecular flexibility index (Phi) is 6.63. The lowest BCUT2D eigenvalue weighted by Crippen LogP contribution is -2.40. The van der Waals surface area contributed by atoms with Crippen molar-refractivity contribution in [3.8, 4) is 0 Å². The van der Waals surface area contributed by atoms with Gasteiger partial charge in [0.25, 0.3) is 0 Å². The second-order valence-corrected chi connectivity index (χ2v) is 5.78. The quantitative estimate of drug-likeness (QED) is 0.805. The first-order valence-corrected chi connectivity index (χ1v) is 7.21. The summed E-state index contributed by atoms with van der Waals surface area (Å²) in [5.41, 5.74) is 5.85. The predicted molar refractivity (Wildman–Crippen MR) is 77.1 cm³/mol. The van der Waals surface area contributed by atoms with E-state index in [0.717, 1.165) is 22.2 Å². The molecule has 0 spiro atoms. The van der Waals surface area contributed by atoms with Crippen molar-refractivity contribution in [2.75, 3.05) is 26.7 Å². The summed E-state index contributed by atoms with van der Waals surface area (Å²) >= 11 is 7.48. The highest BCUT2D eigenvalue weighted by molar-refractivity contribution is 7.16. The molecule has 1 aromatic rings. The molecule has 1 amide bonds. The maximum absolute atomic E-state index is 11.5. The fraction of sp³-hybridized carbons (Fsp3) is 0.583. The van der Waals surface area contributed by atoms with Gasteiger partial charge in [-0.2, -0.15) is 0 Å². The number of amides is 1. The highest BCUT2D eigenvalue weighted by atomic mass is 35.5. The lowest BCUT2D eigenvalue weighted by molar-refractivity contribution is -0.122. The van der Waals surface area contributed by atoms with E-state index in [-0.39, 0.29) is 11.9 Å². The summed E-state index contributed by atoms with van der Waals surface area (Å²) in [5.74, 6) is 0.00422. The first-order valence-electron chi connectivity index (χ1n) is 6.02. The van der Waals surface area contributed by atoms with Gasteiger partial charge in [0.2, 0.25) is 5.91 Å². The van der Waals surface area contributed by atoms with Crippen molar-refractivity contribution < 1.29 is 4.79 Å². The average molecular weight is 290 g/mol. The first kappa shape index (κ1) is 15.4. The zero-order valence-corrected chi connectivity index (χ0v) is 12.4. The summed E-state index contributed by atoms with van der Waals surface area (Å²) in [7, 11) is 1.64. The number of rotatable bonds is 7. The van der Waals surface area contributed by atoms with E-state index in [1.807, 2.05) is 12.1 Å². The number of hydrogen-bond acceptors (Lipinski definition) is 4. The number of thiophene rings is 1. The van der Waals surface area contributed by atoms with Crippen molar-refractivity contribution in [2.45, 2.75) is 19.4 Å². The fourth-order valence-corrected chi connectivity index (χ4v) is 3.06. The molecule has 0 aliphatic carbocycles. The number of nitrogens with one attached hydrogen (secondary N) is 1. The van der Waals surface area contributed by atoms with Gasteiger partial charge in [0.05, 0.1) is 16.9 Å². The summed E-state index contributed by atoms with van der Waals surface area (Å²) in [4.78, 5) is 14.7. The van der Waals surface area contributed by atoms with E-state index in [1.54, 1.807) is 7.05 Å². The van der Waals surface area contributed by atoms with Crippen LogP contribution in [0.25, 0.3) is 0 Å². The Morgan fingerprint density at radius 1 is 1.61 bits per heavy atom. The second-order valence-electron chi connectivity index (χ2n) is 4.04. The van der Waals surface area contributed by atoms with Crippen LogP contribution in [-0.2, 0) is 4.79 Å². The maximum Gasteiger partial charge on any atom is 0.233 e. The Labute approximate surface area is 117 Å². The molecule has 18 heavy (non-hydrogen) atoms. The van der Waals surface area contributed by atoms with Crippen LogP contribution in [0.2, 0.25) is 4.34 Å². The molecule has 1 unspecified atom stereocenters. The molecular weight excluding hydrogens is 270 g/mol. The number of carbonyl (C=O) groups is 1. The van der Waals surface area contributed by atoms with Gasteiger partial charge >= 0.3 is 0 Å². The molecule has 0 aromatic carbocycles. The second kappa shape index (κ2) is 7.74. The van der Waals surface area contributed by atoms with Crippen LogP contribution in [-0.4, -0.2) is 37.5 Å². The molecule has 6 heteroatoms. The Hall–Kier alpha value is -0.620. The summed E-state index contributed by atoms with van der Waals surface area (Å²) in [6.07, 6.45) is 0.979. The third-order valence-corrected chi connectivity index (χ3v) is 4.06. The van der Waals surface area contributed by atoms with Crippen LogP contribution in [0.15, 0.2) is 12.1 Å². The van der Waals surface area contributed by atoms with Gasteiger partial charge in [-0.3, -0.25) is 9.69 Å². The van der Waals surface area contributed by atoms with E-state index in [1.165, 1.54) is 11.3 Å². The minimum absolute atomic E-state index is 0.00422. The van der Waals surface area contributed by atoms with Crippen molar-refractivity contribution in [3.05, 3.63) is 21.3 Å². The molecule has 4 nitrogen and oxygen atoms in total. The highest BCUT2D eigenvalue weighted by Crippen LogP contribution is 2.30. The molecule has 0 radical (unpaired) electrons. The van der Waals surface area contributed by atoms with Crippen molar-refractivity contribution in [3.63, 3.8) is 0 Å². The SMILES string of the molecule is CCCN(CC(=O)NC)C(CN)c1ccc(Cl)s1. The maximum atomic E-state index is 11.5. The van der Waals surface area contributed by atoms with Gasteiger partial charge in [0.15, 0.2) is 0 Å². The molecule has 0 bridgehead atoms. The number of nitrogens with two attached hydrogens (primary N) is 1. The Morgan fingerprint density at radius 2 is 2.33 bits per heavy atom. The summed E-state index contributed by atoms with van der Waals surface area (Å²) in [6.45, 7) is 3.77. The van der Waals surface area contributed by atoms with Crippen molar-refractivity contribution in [2.24, 2.45) is 5.73 Å². The average Bonchev–Trinajstić information content (AvgIpc) is 2.76. The van der Waals surface area contributed by atoms with E-state index in [0.29, 0.717) is 13.1 Å². The molecule has 0 fully saturated rings. The van der Waals surface area contributed by atoms with Gasteiger partial charge in [-0.1, -0.05) is 18.5 Å². The summed E-state index contributed by atoms with van der Waals surface area (Å²) in [6, 6.07) is 3.91. The van der Waals surface area contributed by atoms with Crippen LogP contribution >= 0.6 is 22.9 Å². The van der Waals surface area contributed by atoms with E-state index in [2.05, 4.69) is 17.1 Å². The van der Waals surface area contributed by atoms with Crippen molar-refractivity contribution in [1.29, 1.82) is 0 Å². The highest BCUT2D eigenvalue weighted by Gasteiger charge is 2.21. The normalized spacial score (nSPS) is 12.7. The topological polar surface area (TPSA) is 58.4 Å². The Morgan fingerprint density at radius 3 is 2.78 bits per heavy atom. The zero-order valence-electron chi connectivity index (χ0n) is 10.8. The number of likely N-dealkylation sites (N-methyl/N-ethyl adjacent to an activating group) is 1. The molecule has 1 heterocycles. The molecule has 102 valence electrons. The third kappa shape index (κ3) is 4.24. The smallest absolute Gasteiger partial charge is 0.233 e. The minimum atomic E-state index is 0.00422. The van der Waals surface area contributed by atoms with E-state index < -0.39 is 0 Å². The monoisotopic (exact) mass is 289 g/mol. The summed E-state index contributed by atoms with van der Waals surface area (Å²) in [5, 5.41) is 2.65. The first-order chi connectivity index (χ1) is 8.62. The van der Waals surface area contributed by atoms with Crippen LogP contribution in [0.5, 0.6) is 0 Å². The molecule has 0 saturated heterocycles. The molecule has 1 atom stereocenters. The Balaban J connectivity index is 2.83. The molecule has 1 rings (SSSR count). The van der Waals surface area contributed by atoms with Crippen LogP contribution in [0.3, 0.4) is 0 Å². The number of nitrogens with zero attached hydrogens (tertiary/aromatic N) is 1. The van der Waals surface area contributed by atoms with Crippen molar-refractivity contribution in [1.82, 2.24) is 10.2 Å². The minimum Gasteiger partial charge on any atom is -0.358 e. The number of carbonyl (C=O) groups excluding carboxylic acids is 1. The molecule has 3 N–H and O–H groups in total. The van der Waals surface area contributed by atoms with Gasteiger partial charge < -0.3 is 11.1 Å². The van der Waals surface area contributed by atoms with Gasteiger partial charge in [-0.05, 0) is 25.1 Å².